The molecule has 0 aromatic rings. The normalized spacial score (nSPS) is 15.6. The number of aliphatic carboxylic acids is 1. The van der Waals surface area contributed by atoms with Gasteiger partial charge < -0.3 is 20.2 Å². The van der Waals surface area contributed by atoms with Gasteiger partial charge in [0.2, 0.25) is 5.91 Å². The largest absolute Gasteiger partial charge is 0.481 e. The van der Waals surface area contributed by atoms with E-state index in [-0.39, 0.29) is 19.5 Å². The van der Waals surface area contributed by atoms with Crippen LogP contribution in [-0.2, 0) is 19.2 Å². The van der Waals surface area contributed by atoms with Crippen LogP contribution in [0.4, 0.5) is 0 Å². The number of carboxylic acid groups (broad SMARTS) is 1. The number of nitrogens with zero attached hydrogens (tertiary/aromatic N) is 2. The van der Waals surface area contributed by atoms with Gasteiger partial charge in [0.1, 0.15) is 6.54 Å². The van der Waals surface area contributed by atoms with Gasteiger partial charge >= 0.3 is 17.8 Å². The van der Waals surface area contributed by atoms with Crippen LogP contribution in [0.15, 0.2) is 0 Å². The lowest BCUT2D eigenvalue weighted by Gasteiger charge is -2.32. The summed E-state index contributed by atoms with van der Waals surface area (Å²) >= 11 is 0. The zero-order chi connectivity index (χ0) is 14.4. The number of carbonyl (C=O) groups is 4. The second-order valence-corrected chi connectivity index (χ2v) is 4.11. The molecule has 8 heteroatoms. The smallest absolute Gasteiger partial charge is 0.312 e. The number of likely N-dealkylation sites (N-methyl/N-ethyl adjacent to an activating group) is 1. The Kier molecular flexibility index (Phi) is 5.28. The Hall–Kier alpha value is -2.12. The molecule has 1 aliphatic heterocycles. The Morgan fingerprint density at radius 1 is 1.21 bits per heavy atom. The number of amides is 3. The SMILES string of the molecule is CCN1CCN(CC(=O)NCCC(=O)O)C(=O)C1=O. The second-order valence-electron chi connectivity index (χ2n) is 4.11. The van der Waals surface area contributed by atoms with Crippen molar-refractivity contribution < 1.29 is 24.3 Å². The summed E-state index contributed by atoms with van der Waals surface area (Å²) in [6.07, 6.45) is -0.178. The van der Waals surface area contributed by atoms with E-state index in [0.717, 1.165) is 0 Å². The van der Waals surface area contributed by atoms with Gasteiger partial charge in [0, 0.05) is 26.2 Å². The summed E-state index contributed by atoms with van der Waals surface area (Å²) in [7, 11) is 0. The van der Waals surface area contributed by atoms with Gasteiger partial charge in [-0.15, -0.1) is 0 Å². The van der Waals surface area contributed by atoms with Crippen LogP contribution in [0.3, 0.4) is 0 Å². The molecular weight excluding hydrogens is 254 g/mol. The first-order valence-corrected chi connectivity index (χ1v) is 6.02. The average molecular weight is 271 g/mol. The topological polar surface area (TPSA) is 107 Å². The minimum Gasteiger partial charge on any atom is -0.481 e. The molecule has 1 aliphatic rings. The maximum Gasteiger partial charge on any atom is 0.312 e. The van der Waals surface area contributed by atoms with E-state index in [9.17, 15) is 19.2 Å². The van der Waals surface area contributed by atoms with Crippen LogP contribution in [0.1, 0.15) is 13.3 Å². The van der Waals surface area contributed by atoms with E-state index >= 15 is 0 Å². The van der Waals surface area contributed by atoms with E-state index in [2.05, 4.69) is 5.32 Å². The average Bonchev–Trinajstić information content (AvgIpc) is 2.35. The third-order valence-corrected chi connectivity index (χ3v) is 2.77. The van der Waals surface area contributed by atoms with Gasteiger partial charge in [-0.2, -0.15) is 0 Å². The van der Waals surface area contributed by atoms with Crippen LogP contribution in [0.25, 0.3) is 0 Å². The summed E-state index contributed by atoms with van der Waals surface area (Å²) in [5, 5.41) is 10.8. The van der Waals surface area contributed by atoms with Crippen LogP contribution in [0.2, 0.25) is 0 Å². The number of carbonyl (C=O) groups excluding carboxylic acids is 3. The van der Waals surface area contributed by atoms with Crippen molar-refractivity contribution in [2.75, 3.05) is 32.7 Å². The van der Waals surface area contributed by atoms with Crippen molar-refractivity contribution in [3.05, 3.63) is 0 Å². The van der Waals surface area contributed by atoms with Gasteiger partial charge in [0.05, 0.1) is 6.42 Å². The predicted octanol–water partition coefficient (Wildman–Crippen LogP) is -1.73. The fourth-order valence-electron chi connectivity index (χ4n) is 1.71. The molecule has 0 unspecified atom stereocenters. The molecule has 1 heterocycles. The zero-order valence-corrected chi connectivity index (χ0v) is 10.7. The fourth-order valence-corrected chi connectivity index (χ4v) is 1.71. The van der Waals surface area contributed by atoms with Gasteiger partial charge in [-0.05, 0) is 6.92 Å². The molecule has 0 aromatic heterocycles. The van der Waals surface area contributed by atoms with E-state index in [0.29, 0.717) is 19.6 Å². The van der Waals surface area contributed by atoms with Crippen molar-refractivity contribution >= 4 is 23.7 Å². The number of piperazine rings is 1. The molecule has 0 aliphatic carbocycles. The van der Waals surface area contributed by atoms with Crippen molar-refractivity contribution in [1.82, 2.24) is 15.1 Å². The van der Waals surface area contributed by atoms with E-state index in [4.69, 9.17) is 5.11 Å². The Bertz CT molecular complexity index is 396. The number of hydrogen-bond donors (Lipinski definition) is 2. The van der Waals surface area contributed by atoms with Crippen LogP contribution in [0.5, 0.6) is 0 Å². The molecule has 2 N–H and O–H groups in total. The molecular formula is C11H17N3O5. The molecule has 0 bridgehead atoms. The highest BCUT2D eigenvalue weighted by atomic mass is 16.4. The first-order chi connectivity index (χ1) is 8.95. The Balaban J connectivity index is 2.41. The molecule has 0 saturated carbocycles. The molecule has 1 saturated heterocycles. The number of rotatable bonds is 6. The minimum atomic E-state index is -1.01. The standard InChI is InChI=1S/C11H17N3O5/c1-2-13-5-6-14(11(19)10(13)18)7-8(15)12-4-3-9(16)17/h2-7H2,1H3,(H,12,15)(H,16,17). The molecule has 0 atom stereocenters. The number of carboxylic acids is 1. The summed E-state index contributed by atoms with van der Waals surface area (Å²) in [6.45, 7) is 2.74. The van der Waals surface area contributed by atoms with E-state index in [1.807, 2.05) is 0 Å². The lowest BCUT2D eigenvalue weighted by atomic mass is 10.3. The Morgan fingerprint density at radius 2 is 1.79 bits per heavy atom. The Morgan fingerprint density at radius 3 is 2.37 bits per heavy atom. The van der Waals surface area contributed by atoms with Gasteiger partial charge in [0.25, 0.3) is 0 Å². The van der Waals surface area contributed by atoms with Gasteiger partial charge in [0.15, 0.2) is 0 Å². The van der Waals surface area contributed by atoms with Crippen molar-refractivity contribution in [3.63, 3.8) is 0 Å². The highest BCUT2D eigenvalue weighted by Gasteiger charge is 2.32. The maximum absolute atomic E-state index is 11.7. The fraction of sp³-hybridized carbons (Fsp3) is 0.636. The summed E-state index contributed by atoms with van der Waals surface area (Å²) in [5.41, 5.74) is 0. The monoisotopic (exact) mass is 271 g/mol. The lowest BCUT2D eigenvalue weighted by molar-refractivity contribution is -0.156. The van der Waals surface area contributed by atoms with E-state index in [1.54, 1.807) is 6.92 Å². The summed E-state index contributed by atoms with van der Waals surface area (Å²) < 4.78 is 0. The third kappa shape index (κ3) is 4.23. The van der Waals surface area contributed by atoms with Crippen molar-refractivity contribution in [3.8, 4) is 0 Å². The highest BCUT2D eigenvalue weighted by molar-refractivity contribution is 6.35. The number of nitrogens with one attached hydrogen (secondary N) is 1. The van der Waals surface area contributed by atoms with Crippen molar-refractivity contribution in [2.45, 2.75) is 13.3 Å². The molecule has 0 radical (unpaired) electrons. The lowest BCUT2D eigenvalue weighted by Crippen LogP contribution is -2.56. The molecule has 3 amide bonds. The van der Waals surface area contributed by atoms with Crippen LogP contribution < -0.4 is 5.32 Å². The molecule has 0 aromatic carbocycles. The van der Waals surface area contributed by atoms with Crippen molar-refractivity contribution in [1.29, 1.82) is 0 Å². The van der Waals surface area contributed by atoms with Crippen LogP contribution in [-0.4, -0.2) is 71.3 Å². The van der Waals surface area contributed by atoms with Gasteiger partial charge in [-0.3, -0.25) is 19.2 Å². The quantitative estimate of drug-likeness (QED) is 0.558. The zero-order valence-electron chi connectivity index (χ0n) is 10.7. The van der Waals surface area contributed by atoms with E-state index in [1.165, 1.54) is 9.80 Å². The molecule has 8 nitrogen and oxygen atoms in total. The minimum absolute atomic E-state index is 0.00519. The summed E-state index contributed by atoms with van der Waals surface area (Å²) in [4.78, 5) is 47.6. The molecule has 1 fully saturated rings. The van der Waals surface area contributed by atoms with Crippen molar-refractivity contribution in [2.24, 2.45) is 0 Å². The molecule has 0 spiro atoms. The number of hydrogen-bond acceptors (Lipinski definition) is 4. The first-order valence-electron chi connectivity index (χ1n) is 6.02. The van der Waals surface area contributed by atoms with E-state index < -0.39 is 23.7 Å². The third-order valence-electron chi connectivity index (χ3n) is 2.77. The molecule has 1 rings (SSSR count). The highest BCUT2D eigenvalue weighted by Crippen LogP contribution is 2.04. The Labute approximate surface area is 110 Å². The molecule has 106 valence electrons. The van der Waals surface area contributed by atoms with Gasteiger partial charge in [-0.25, -0.2) is 0 Å². The van der Waals surface area contributed by atoms with Gasteiger partial charge in [-0.1, -0.05) is 0 Å². The summed E-state index contributed by atoms with van der Waals surface area (Å²) in [6, 6.07) is 0. The first kappa shape index (κ1) is 14.9. The van der Waals surface area contributed by atoms with Crippen LogP contribution >= 0.6 is 0 Å². The van der Waals surface area contributed by atoms with Crippen LogP contribution in [0, 0.1) is 0 Å². The second kappa shape index (κ2) is 6.72. The predicted molar refractivity (Wildman–Crippen MR) is 64.1 cm³/mol. The summed E-state index contributed by atoms with van der Waals surface area (Å²) in [5.74, 6) is -2.77. The maximum atomic E-state index is 11.7. The molecule has 19 heavy (non-hydrogen) atoms.